The second-order valence-corrected chi connectivity index (χ2v) is 5.65. The van der Waals surface area contributed by atoms with E-state index in [1.165, 1.54) is 11.2 Å². The molecule has 1 aliphatic rings. The Kier molecular flexibility index (Phi) is 4.68. The van der Waals surface area contributed by atoms with Crippen molar-refractivity contribution in [3.63, 3.8) is 0 Å². The topological polar surface area (TPSA) is 122 Å². The SMILES string of the molecule is CCNC(=O)c1nc2c(OC3CCN(C(=O)O)C3)ncnc2n1CC. The fraction of sp³-hybridized carbons (Fsp3) is 0.533. The van der Waals surface area contributed by atoms with Crippen LogP contribution in [0.2, 0.25) is 0 Å². The molecule has 2 aromatic rings. The molecule has 0 aliphatic carbocycles. The predicted octanol–water partition coefficient (Wildman–Crippen LogP) is 0.727. The van der Waals surface area contributed by atoms with E-state index in [0.29, 0.717) is 37.2 Å². The summed E-state index contributed by atoms with van der Waals surface area (Å²) in [5, 5.41) is 11.8. The van der Waals surface area contributed by atoms with Crippen molar-refractivity contribution in [2.45, 2.75) is 32.9 Å². The van der Waals surface area contributed by atoms with Crippen molar-refractivity contribution in [2.24, 2.45) is 0 Å². The van der Waals surface area contributed by atoms with E-state index < -0.39 is 6.09 Å². The highest BCUT2D eigenvalue weighted by atomic mass is 16.5. The largest absolute Gasteiger partial charge is 0.471 e. The Balaban J connectivity index is 1.92. The van der Waals surface area contributed by atoms with E-state index in [9.17, 15) is 9.59 Å². The molecule has 2 amide bonds. The van der Waals surface area contributed by atoms with Crippen LogP contribution in [0.15, 0.2) is 6.33 Å². The molecule has 2 aromatic heterocycles. The van der Waals surface area contributed by atoms with E-state index in [4.69, 9.17) is 9.84 Å². The fourth-order valence-corrected chi connectivity index (χ4v) is 2.87. The van der Waals surface area contributed by atoms with Crippen LogP contribution in [0.5, 0.6) is 5.88 Å². The summed E-state index contributed by atoms with van der Waals surface area (Å²) in [5.41, 5.74) is 0.918. The van der Waals surface area contributed by atoms with Gasteiger partial charge in [-0.05, 0) is 13.8 Å². The van der Waals surface area contributed by atoms with E-state index in [2.05, 4.69) is 20.3 Å². The minimum absolute atomic E-state index is 0.253. The van der Waals surface area contributed by atoms with Gasteiger partial charge in [-0.15, -0.1) is 0 Å². The lowest BCUT2D eigenvalue weighted by molar-refractivity contribution is 0.0941. The van der Waals surface area contributed by atoms with Crippen LogP contribution < -0.4 is 10.1 Å². The number of aromatic nitrogens is 4. The summed E-state index contributed by atoms with van der Waals surface area (Å²) in [5.74, 6) is 0.231. The van der Waals surface area contributed by atoms with Crippen LogP contribution in [0.25, 0.3) is 11.2 Å². The number of carboxylic acid groups (broad SMARTS) is 1. The number of amides is 2. The Bertz CT molecular complexity index is 805. The van der Waals surface area contributed by atoms with Crippen molar-refractivity contribution in [1.29, 1.82) is 0 Å². The zero-order valence-corrected chi connectivity index (χ0v) is 14.1. The summed E-state index contributed by atoms with van der Waals surface area (Å²) in [6.45, 7) is 5.44. The maximum absolute atomic E-state index is 12.2. The number of nitrogens with one attached hydrogen (secondary N) is 1. The molecule has 0 spiro atoms. The molecule has 3 heterocycles. The number of fused-ring (bicyclic) bond motifs is 1. The third-order valence-corrected chi connectivity index (χ3v) is 4.05. The molecule has 3 rings (SSSR count). The Morgan fingerprint density at radius 2 is 2.20 bits per heavy atom. The number of imidazole rings is 1. The van der Waals surface area contributed by atoms with Crippen LogP contribution >= 0.6 is 0 Å². The van der Waals surface area contributed by atoms with E-state index >= 15 is 0 Å². The van der Waals surface area contributed by atoms with E-state index in [0.717, 1.165) is 0 Å². The molecule has 10 heteroatoms. The first-order valence-electron chi connectivity index (χ1n) is 8.19. The molecular formula is C15H20N6O4. The van der Waals surface area contributed by atoms with Gasteiger partial charge in [-0.1, -0.05) is 0 Å². The molecule has 1 aliphatic heterocycles. The van der Waals surface area contributed by atoms with Gasteiger partial charge in [0.05, 0.1) is 6.54 Å². The van der Waals surface area contributed by atoms with Crippen molar-refractivity contribution < 1.29 is 19.4 Å². The van der Waals surface area contributed by atoms with Gasteiger partial charge in [-0.25, -0.2) is 14.8 Å². The molecule has 2 N–H and O–H groups in total. The van der Waals surface area contributed by atoms with Crippen LogP contribution in [0.3, 0.4) is 0 Å². The lowest BCUT2D eigenvalue weighted by Crippen LogP contribution is -2.29. The first-order valence-corrected chi connectivity index (χ1v) is 8.19. The second kappa shape index (κ2) is 6.91. The normalized spacial score (nSPS) is 17.0. The van der Waals surface area contributed by atoms with Gasteiger partial charge in [0.15, 0.2) is 11.2 Å². The average Bonchev–Trinajstić information content (AvgIpc) is 3.20. The van der Waals surface area contributed by atoms with E-state index in [1.807, 2.05) is 13.8 Å². The van der Waals surface area contributed by atoms with Crippen molar-refractivity contribution >= 4 is 23.2 Å². The summed E-state index contributed by atoms with van der Waals surface area (Å²) in [6.07, 6.45) is 0.674. The third kappa shape index (κ3) is 3.19. The van der Waals surface area contributed by atoms with Gasteiger partial charge in [-0.2, -0.15) is 4.98 Å². The maximum Gasteiger partial charge on any atom is 0.407 e. The van der Waals surface area contributed by atoms with Crippen LogP contribution in [-0.4, -0.2) is 67.3 Å². The number of hydrogen-bond acceptors (Lipinski definition) is 6. The molecular weight excluding hydrogens is 328 g/mol. The van der Waals surface area contributed by atoms with Crippen molar-refractivity contribution in [3.8, 4) is 5.88 Å². The van der Waals surface area contributed by atoms with Crippen molar-refractivity contribution in [2.75, 3.05) is 19.6 Å². The van der Waals surface area contributed by atoms with E-state index in [-0.39, 0.29) is 30.3 Å². The number of carbonyl (C=O) groups is 2. The minimum Gasteiger partial charge on any atom is -0.471 e. The maximum atomic E-state index is 12.2. The first kappa shape index (κ1) is 16.9. The van der Waals surface area contributed by atoms with Crippen molar-refractivity contribution in [1.82, 2.24) is 29.7 Å². The predicted molar refractivity (Wildman–Crippen MR) is 87.6 cm³/mol. The van der Waals surface area contributed by atoms with Crippen LogP contribution in [0.1, 0.15) is 30.9 Å². The molecule has 0 bridgehead atoms. The Hall–Kier alpha value is -2.91. The molecule has 0 saturated carbocycles. The highest BCUT2D eigenvalue weighted by Gasteiger charge is 2.29. The number of ether oxygens (including phenoxy) is 1. The van der Waals surface area contributed by atoms with Gasteiger partial charge in [-0.3, -0.25) is 4.79 Å². The molecule has 0 aromatic carbocycles. The molecule has 1 unspecified atom stereocenters. The molecule has 0 radical (unpaired) electrons. The molecule has 1 atom stereocenters. The molecule has 1 fully saturated rings. The third-order valence-electron chi connectivity index (χ3n) is 4.05. The Morgan fingerprint density at radius 1 is 1.40 bits per heavy atom. The lowest BCUT2D eigenvalue weighted by Gasteiger charge is -2.13. The average molecular weight is 348 g/mol. The van der Waals surface area contributed by atoms with Gasteiger partial charge in [0.2, 0.25) is 11.7 Å². The number of rotatable bonds is 5. The highest BCUT2D eigenvalue weighted by Crippen LogP contribution is 2.25. The van der Waals surface area contributed by atoms with Gasteiger partial charge < -0.3 is 24.6 Å². The van der Waals surface area contributed by atoms with E-state index in [1.54, 1.807) is 4.57 Å². The van der Waals surface area contributed by atoms with Gasteiger partial charge in [0.25, 0.3) is 5.91 Å². The molecule has 134 valence electrons. The standard InChI is InChI=1S/C15H20N6O4/c1-3-16-13(22)12-19-10-11(21(12)4-2)17-8-18-14(10)25-9-5-6-20(7-9)15(23)24/h8-9H,3-7H2,1-2H3,(H,16,22)(H,23,24). The molecule has 10 nitrogen and oxygen atoms in total. The number of aryl methyl sites for hydroxylation is 1. The second-order valence-electron chi connectivity index (χ2n) is 5.65. The molecule has 25 heavy (non-hydrogen) atoms. The summed E-state index contributed by atoms with van der Waals surface area (Å²) < 4.78 is 7.56. The quantitative estimate of drug-likeness (QED) is 0.816. The van der Waals surface area contributed by atoms with Gasteiger partial charge >= 0.3 is 6.09 Å². The number of likely N-dealkylation sites (tertiary alicyclic amines) is 1. The van der Waals surface area contributed by atoms with Gasteiger partial charge in [0, 0.05) is 26.1 Å². The van der Waals surface area contributed by atoms with Crippen LogP contribution in [0.4, 0.5) is 4.79 Å². The first-order chi connectivity index (χ1) is 12.0. The monoisotopic (exact) mass is 348 g/mol. The highest BCUT2D eigenvalue weighted by molar-refractivity contribution is 5.94. The number of nitrogens with zero attached hydrogens (tertiary/aromatic N) is 5. The fourth-order valence-electron chi connectivity index (χ4n) is 2.87. The summed E-state index contributed by atoms with van der Waals surface area (Å²) >= 11 is 0. The molecule has 1 saturated heterocycles. The lowest BCUT2D eigenvalue weighted by atomic mass is 10.3. The Labute approximate surface area is 143 Å². The zero-order chi connectivity index (χ0) is 18.0. The van der Waals surface area contributed by atoms with Crippen LogP contribution in [-0.2, 0) is 6.54 Å². The Morgan fingerprint density at radius 3 is 2.84 bits per heavy atom. The summed E-state index contributed by atoms with van der Waals surface area (Å²) in [6, 6.07) is 0. The van der Waals surface area contributed by atoms with Gasteiger partial charge in [0.1, 0.15) is 12.4 Å². The number of carbonyl (C=O) groups excluding carboxylic acids is 1. The van der Waals surface area contributed by atoms with Crippen LogP contribution in [0, 0.1) is 0 Å². The zero-order valence-electron chi connectivity index (χ0n) is 14.1. The summed E-state index contributed by atoms with van der Waals surface area (Å²) in [7, 11) is 0. The minimum atomic E-state index is -0.965. The number of hydrogen-bond donors (Lipinski definition) is 2. The van der Waals surface area contributed by atoms with Crippen molar-refractivity contribution in [3.05, 3.63) is 12.2 Å². The smallest absolute Gasteiger partial charge is 0.407 e. The summed E-state index contributed by atoms with van der Waals surface area (Å²) in [4.78, 5) is 37.2.